The second-order valence-corrected chi connectivity index (χ2v) is 7.57. The molecule has 1 saturated heterocycles. The number of furan rings is 1. The zero-order chi connectivity index (χ0) is 17.2. The standard InChI is InChI=1S/C19H29N3O2/c1-13(2)12-21-18(20-9-7-14-6-5-10-23-14)22-16-15-8-11-24-17(15)19(16,3)4/h5-6,10,15-17H,1,7-9,11-12H2,2-4H3,(H2,20,21,22). The Morgan fingerprint density at radius 2 is 2.29 bits per heavy atom. The van der Waals surface area contributed by atoms with Gasteiger partial charge >= 0.3 is 0 Å². The normalized spacial score (nSPS) is 28.1. The molecule has 1 aliphatic carbocycles. The van der Waals surface area contributed by atoms with Crippen molar-refractivity contribution in [1.29, 1.82) is 0 Å². The van der Waals surface area contributed by atoms with Gasteiger partial charge in [0.05, 0.1) is 18.9 Å². The molecular formula is C19H29N3O2. The first-order valence-electron chi connectivity index (χ1n) is 8.81. The highest BCUT2D eigenvalue weighted by Crippen LogP contribution is 2.52. The molecule has 5 nitrogen and oxygen atoms in total. The van der Waals surface area contributed by atoms with Gasteiger partial charge in [0.15, 0.2) is 5.96 Å². The van der Waals surface area contributed by atoms with Crippen molar-refractivity contribution in [3.8, 4) is 0 Å². The van der Waals surface area contributed by atoms with Gasteiger partial charge in [-0.05, 0) is 25.5 Å². The van der Waals surface area contributed by atoms with Crippen LogP contribution in [0, 0.1) is 11.3 Å². The molecule has 0 bridgehead atoms. The summed E-state index contributed by atoms with van der Waals surface area (Å²) < 4.78 is 11.3. The predicted octanol–water partition coefficient (Wildman–Crippen LogP) is 2.75. The molecule has 2 fully saturated rings. The Labute approximate surface area is 144 Å². The number of ether oxygens (including phenoxy) is 1. The highest BCUT2D eigenvalue weighted by molar-refractivity contribution is 5.80. The van der Waals surface area contributed by atoms with Crippen LogP contribution in [0.3, 0.4) is 0 Å². The van der Waals surface area contributed by atoms with Crippen LogP contribution in [0.15, 0.2) is 40.0 Å². The second-order valence-electron chi connectivity index (χ2n) is 7.57. The van der Waals surface area contributed by atoms with E-state index in [2.05, 4.69) is 36.1 Å². The van der Waals surface area contributed by atoms with E-state index in [1.807, 2.05) is 19.1 Å². The minimum absolute atomic E-state index is 0.133. The summed E-state index contributed by atoms with van der Waals surface area (Å²) in [5.41, 5.74) is 1.19. The van der Waals surface area contributed by atoms with Crippen LogP contribution in [0.5, 0.6) is 0 Å². The second kappa shape index (κ2) is 7.01. The van der Waals surface area contributed by atoms with Crippen LogP contribution < -0.4 is 10.6 Å². The van der Waals surface area contributed by atoms with Crippen LogP contribution in [-0.2, 0) is 11.2 Å². The molecule has 1 aliphatic heterocycles. The number of hydrogen-bond donors (Lipinski definition) is 2. The van der Waals surface area contributed by atoms with Crippen molar-refractivity contribution in [2.45, 2.75) is 45.8 Å². The first-order chi connectivity index (χ1) is 11.5. The molecule has 2 heterocycles. The van der Waals surface area contributed by atoms with Crippen molar-refractivity contribution >= 4 is 5.96 Å². The van der Waals surface area contributed by atoms with E-state index < -0.39 is 0 Å². The zero-order valence-corrected chi connectivity index (χ0v) is 15.0. The molecule has 0 aromatic carbocycles. The van der Waals surface area contributed by atoms with Crippen molar-refractivity contribution in [2.24, 2.45) is 16.3 Å². The summed E-state index contributed by atoms with van der Waals surface area (Å²) in [4.78, 5) is 4.67. The average molecular weight is 331 g/mol. The van der Waals surface area contributed by atoms with Crippen molar-refractivity contribution < 1.29 is 9.15 Å². The molecule has 0 radical (unpaired) electrons. The van der Waals surface area contributed by atoms with Crippen molar-refractivity contribution in [2.75, 3.05) is 19.7 Å². The molecule has 24 heavy (non-hydrogen) atoms. The number of fused-ring (bicyclic) bond motifs is 1. The highest BCUT2D eigenvalue weighted by Gasteiger charge is 2.59. The number of rotatable bonds is 6. The SMILES string of the molecule is C=C(C)CN=C(NCCc1ccco1)NC1C2CCOC2C1(C)C. The first kappa shape index (κ1) is 17.1. The minimum atomic E-state index is 0.133. The van der Waals surface area contributed by atoms with Gasteiger partial charge in [-0.3, -0.25) is 0 Å². The number of nitrogens with zero attached hydrogens (tertiary/aromatic N) is 1. The fourth-order valence-corrected chi connectivity index (χ4v) is 3.89. The lowest BCUT2D eigenvalue weighted by Gasteiger charge is -2.54. The zero-order valence-electron chi connectivity index (χ0n) is 15.0. The molecule has 0 spiro atoms. The third-order valence-corrected chi connectivity index (χ3v) is 5.14. The Kier molecular flexibility index (Phi) is 4.99. The number of nitrogens with one attached hydrogen (secondary N) is 2. The van der Waals surface area contributed by atoms with Crippen LogP contribution in [0.1, 0.15) is 33.0 Å². The molecule has 132 valence electrons. The summed E-state index contributed by atoms with van der Waals surface area (Å²) in [6.45, 7) is 12.8. The van der Waals surface area contributed by atoms with Gasteiger partial charge in [0.1, 0.15) is 5.76 Å². The molecular weight excluding hydrogens is 302 g/mol. The van der Waals surface area contributed by atoms with Gasteiger partial charge in [-0.2, -0.15) is 0 Å². The topological polar surface area (TPSA) is 58.8 Å². The Hall–Kier alpha value is -1.75. The maximum Gasteiger partial charge on any atom is 0.191 e. The van der Waals surface area contributed by atoms with E-state index in [-0.39, 0.29) is 5.41 Å². The quantitative estimate of drug-likeness (QED) is 0.478. The smallest absolute Gasteiger partial charge is 0.191 e. The highest BCUT2D eigenvalue weighted by atomic mass is 16.5. The van der Waals surface area contributed by atoms with Crippen LogP contribution >= 0.6 is 0 Å². The summed E-state index contributed by atoms with van der Waals surface area (Å²) in [7, 11) is 0. The van der Waals surface area contributed by atoms with Gasteiger partial charge in [-0.15, -0.1) is 0 Å². The molecule has 3 unspecified atom stereocenters. The van der Waals surface area contributed by atoms with Gasteiger partial charge in [-0.25, -0.2) is 4.99 Å². The maximum absolute atomic E-state index is 5.88. The van der Waals surface area contributed by atoms with Gasteiger partial charge in [0, 0.05) is 36.9 Å². The van der Waals surface area contributed by atoms with E-state index in [1.54, 1.807) is 6.26 Å². The molecule has 3 atom stereocenters. The molecule has 3 rings (SSSR count). The van der Waals surface area contributed by atoms with Crippen molar-refractivity contribution in [3.63, 3.8) is 0 Å². The Bertz CT molecular complexity index is 592. The van der Waals surface area contributed by atoms with Crippen molar-refractivity contribution in [1.82, 2.24) is 10.6 Å². The third-order valence-electron chi connectivity index (χ3n) is 5.14. The van der Waals surface area contributed by atoms with E-state index in [0.717, 1.165) is 43.3 Å². The average Bonchev–Trinajstić information content (AvgIpc) is 3.19. The summed E-state index contributed by atoms with van der Waals surface area (Å²) in [6, 6.07) is 4.31. The van der Waals surface area contributed by atoms with Crippen LogP contribution in [0.4, 0.5) is 0 Å². The summed E-state index contributed by atoms with van der Waals surface area (Å²) in [5, 5.41) is 7.06. The Morgan fingerprint density at radius 3 is 3.00 bits per heavy atom. The predicted molar refractivity (Wildman–Crippen MR) is 96.1 cm³/mol. The molecule has 2 N–H and O–H groups in total. The van der Waals surface area contributed by atoms with Crippen LogP contribution in [0.2, 0.25) is 0 Å². The first-order valence-corrected chi connectivity index (χ1v) is 8.81. The Balaban J connectivity index is 1.59. The fourth-order valence-electron chi connectivity index (χ4n) is 3.89. The monoisotopic (exact) mass is 331 g/mol. The largest absolute Gasteiger partial charge is 0.469 e. The lowest BCUT2D eigenvalue weighted by atomic mass is 9.57. The van der Waals surface area contributed by atoms with E-state index in [9.17, 15) is 0 Å². The fraction of sp³-hybridized carbons (Fsp3) is 0.632. The lowest BCUT2D eigenvalue weighted by molar-refractivity contribution is -0.106. The maximum atomic E-state index is 5.88. The van der Waals surface area contributed by atoms with E-state index in [1.165, 1.54) is 0 Å². The summed E-state index contributed by atoms with van der Waals surface area (Å²) >= 11 is 0. The Morgan fingerprint density at radius 1 is 1.46 bits per heavy atom. The van der Waals surface area contributed by atoms with Gasteiger partial charge in [0.2, 0.25) is 0 Å². The number of aliphatic imine (C=N–C) groups is 1. The summed E-state index contributed by atoms with van der Waals surface area (Å²) in [6.07, 6.45) is 4.05. The molecule has 1 aromatic heterocycles. The lowest BCUT2D eigenvalue weighted by Crippen LogP contribution is -2.68. The van der Waals surface area contributed by atoms with Crippen molar-refractivity contribution in [3.05, 3.63) is 36.3 Å². The van der Waals surface area contributed by atoms with E-state index in [0.29, 0.717) is 24.6 Å². The van der Waals surface area contributed by atoms with E-state index >= 15 is 0 Å². The molecule has 0 amide bonds. The van der Waals surface area contributed by atoms with Gasteiger partial charge in [-0.1, -0.05) is 26.0 Å². The van der Waals surface area contributed by atoms with Crippen LogP contribution in [0.25, 0.3) is 0 Å². The molecule has 2 aliphatic rings. The van der Waals surface area contributed by atoms with Gasteiger partial charge < -0.3 is 19.8 Å². The number of hydrogen-bond acceptors (Lipinski definition) is 3. The third kappa shape index (κ3) is 3.51. The number of guanidine groups is 1. The summed E-state index contributed by atoms with van der Waals surface area (Å²) in [5.74, 6) is 2.42. The van der Waals surface area contributed by atoms with Crippen LogP contribution in [-0.4, -0.2) is 37.8 Å². The molecule has 5 heteroatoms. The van der Waals surface area contributed by atoms with E-state index in [4.69, 9.17) is 9.15 Å². The molecule has 1 aromatic rings. The van der Waals surface area contributed by atoms with Gasteiger partial charge in [0.25, 0.3) is 0 Å². The molecule has 1 saturated carbocycles. The minimum Gasteiger partial charge on any atom is -0.469 e.